The van der Waals surface area contributed by atoms with E-state index in [4.69, 9.17) is 23.7 Å². The van der Waals surface area contributed by atoms with Crippen molar-refractivity contribution in [2.45, 2.75) is 43.9 Å². The van der Waals surface area contributed by atoms with Crippen LogP contribution in [0.25, 0.3) is 0 Å². The highest BCUT2D eigenvalue weighted by Gasteiger charge is 2.44. The molecule has 0 unspecified atom stereocenters. The number of fused-ring (bicyclic) bond motifs is 2. The van der Waals surface area contributed by atoms with Crippen LogP contribution in [0.15, 0.2) is 24.4 Å². The van der Waals surface area contributed by atoms with Gasteiger partial charge < -0.3 is 28.3 Å². The predicted molar refractivity (Wildman–Crippen MR) is 119 cm³/mol. The first-order valence-electron chi connectivity index (χ1n) is 11.0. The Bertz CT molecular complexity index is 1020. The Labute approximate surface area is 193 Å². The quantitative estimate of drug-likeness (QED) is 0.585. The standard InChI is InChI=1S/C24H30N2O7/c1-25-10-9-17(21(25)24(28)33-18-13-15-7-6-8-16(18)26(15)2)32-23(27)14-11-19(29-3)22(31-5)20(12-14)30-4/h9-12,15-16,18H,6-8,13H2,1-5H3/t15-,16+,18-/m1/s1. The van der Waals surface area contributed by atoms with Gasteiger partial charge in [0.05, 0.1) is 26.9 Å². The maximum Gasteiger partial charge on any atom is 0.359 e. The predicted octanol–water partition coefficient (Wildman–Crippen LogP) is 3.05. The van der Waals surface area contributed by atoms with E-state index in [1.54, 1.807) is 23.9 Å². The highest BCUT2D eigenvalue weighted by Crippen LogP contribution is 2.39. The van der Waals surface area contributed by atoms with E-state index in [9.17, 15) is 9.59 Å². The SMILES string of the molecule is COc1cc(C(=O)Oc2ccn(C)c2C(=O)O[C@@H]2C[C@H]3CCC[C@@H]2N3C)cc(OC)c1OC. The van der Waals surface area contributed by atoms with Crippen molar-refractivity contribution in [3.8, 4) is 23.0 Å². The van der Waals surface area contributed by atoms with Crippen molar-refractivity contribution in [1.29, 1.82) is 0 Å². The van der Waals surface area contributed by atoms with Crippen LogP contribution in [0.2, 0.25) is 0 Å². The second-order valence-corrected chi connectivity index (χ2v) is 8.44. The lowest BCUT2D eigenvalue weighted by atomic mass is 10.0. The first kappa shape index (κ1) is 23.0. The lowest BCUT2D eigenvalue weighted by molar-refractivity contribution is 0.0183. The minimum absolute atomic E-state index is 0.135. The summed E-state index contributed by atoms with van der Waals surface area (Å²) < 4.78 is 29.0. The van der Waals surface area contributed by atoms with Crippen LogP contribution in [-0.4, -0.2) is 68.0 Å². The maximum atomic E-state index is 13.1. The fourth-order valence-corrected chi connectivity index (χ4v) is 4.91. The van der Waals surface area contributed by atoms with Crippen LogP contribution >= 0.6 is 0 Å². The molecule has 0 radical (unpaired) electrons. The van der Waals surface area contributed by atoms with Crippen molar-refractivity contribution in [2.24, 2.45) is 7.05 Å². The first-order chi connectivity index (χ1) is 15.9. The number of aryl methyl sites for hydroxylation is 1. The van der Waals surface area contributed by atoms with Crippen LogP contribution in [0.3, 0.4) is 0 Å². The van der Waals surface area contributed by atoms with Crippen molar-refractivity contribution in [2.75, 3.05) is 28.4 Å². The molecule has 2 bridgehead atoms. The van der Waals surface area contributed by atoms with Crippen LogP contribution in [0.4, 0.5) is 0 Å². The van der Waals surface area contributed by atoms with E-state index in [2.05, 4.69) is 11.9 Å². The molecule has 2 fully saturated rings. The van der Waals surface area contributed by atoms with Gasteiger partial charge in [0, 0.05) is 31.7 Å². The molecule has 0 spiro atoms. The summed E-state index contributed by atoms with van der Waals surface area (Å²) in [5.41, 5.74) is 0.388. The molecule has 2 aromatic rings. The van der Waals surface area contributed by atoms with Crippen LogP contribution in [0.1, 0.15) is 46.5 Å². The van der Waals surface area contributed by atoms with Gasteiger partial charge in [0.25, 0.3) is 0 Å². The fraction of sp³-hybridized carbons (Fsp3) is 0.500. The van der Waals surface area contributed by atoms with Gasteiger partial charge in [0.15, 0.2) is 22.9 Å². The van der Waals surface area contributed by atoms with Crippen molar-refractivity contribution in [3.05, 3.63) is 35.7 Å². The van der Waals surface area contributed by atoms with Gasteiger partial charge in [-0.05, 0) is 38.1 Å². The van der Waals surface area contributed by atoms with E-state index in [0.717, 1.165) is 25.7 Å². The summed E-state index contributed by atoms with van der Waals surface area (Å²) in [5.74, 6) is -0.00381. The molecule has 1 aromatic heterocycles. The number of hydrogen-bond acceptors (Lipinski definition) is 8. The summed E-state index contributed by atoms with van der Waals surface area (Å²) in [6, 6.07) is 5.26. The Morgan fingerprint density at radius 1 is 0.939 bits per heavy atom. The third kappa shape index (κ3) is 4.25. The minimum atomic E-state index is -0.661. The van der Waals surface area contributed by atoms with E-state index in [1.807, 2.05) is 0 Å². The van der Waals surface area contributed by atoms with E-state index in [0.29, 0.717) is 23.3 Å². The Balaban J connectivity index is 1.54. The van der Waals surface area contributed by atoms with Gasteiger partial charge in [-0.25, -0.2) is 9.59 Å². The lowest BCUT2D eigenvalue weighted by Gasteiger charge is -2.31. The zero-order valence-corrected chi connectivity index (χ0v) is 19.6. The molecule has 0 saturated carbocycles. The van der Waals surface area contributed by atoms with Gasteiger partial charge >= 0.3 is 11.9 Å². The zero-order chi connectivity index (χ0) is 23.7. The Hall–Kier alpha value is -3.20. The van der Waals surface area contributed by atoms with Crippen LogP contribution in [-0.2, 0) is 11.8 Å². The molecule has 9 nitrogen and oxygen atoms in total. The largest absolute Gasteiger partial charge is 0.493 e. The second kappa shape index (κ2) is 9.35. The molecular formula is C24H30N2O7. The maximum absolute atomic E-state index is 13.1. The van der Waals surface area contributed by atoms with Gasteiger partial charge in [-0.15, -0.1) is 0 Å². The number of esters is 2. The number of benzene rings is 1. The molecule has 2 aliphatic heterocycles. The first-order valence-corrected chi connectivity index (χ1v) is 11.0. The van der Waals surface area contributed by atoms with Crippen molar-refractivity contribution < 1.29 is 33.3 Å². The van der Waals surface area contributed by atoms with E-state index >= 15 is 0 Å². The number of carbonyl (C=O) groups excluding carboxylic acids is 2. The number of ether oxygens (including phenoxy) is 5. The molecule has 0 amide bonds. The normalized spacial score (nSPS) is 22.0. The molecule has 2 saturated heterocycles. The number of aromatic nitrogens is 1. The van der Waals surface area contributed by atoms with Crippen molar-refractivity contribution in [1.82, 2.24) is 9.47 Å². The third-order valence-electron chi connectivity index (χ3n) is 6.66. The summed E-state index contributed by atoms with van der Waals surface area (Å²) in [6.07, 6.45) is 5.62. The van der Waals surface area contributed by atoms with Gasteiger partial charge in [0.2, 0.25) is 5.75 Å². The van der Waals surface area contributed by atoms with E-state index in [-0.39, 0.29) is 29.2 Å². The Kier molecular flexibility index (Phi) is 6.51. The summed E-state index contributed by atoms with van der Waals surface area (Å²) in [7, 11) is 8.22. The lowest BCUT2D eigenvalue weighted by Crippen LogP contribution is -2.40. The number of rotatable bonds is 7. The average Bonchev–Trinajstić information content (AvgIpc) is 3.22. The third-order valence-corrected chi connectivity index (χ3v) is 6.66. The van der Waals surface area contributed by atoms with Gasteiger partial charge in [-0.3, -0.25) is 4.90 Å². The molecule has 0 N–H and O–H groups in total. The van der Waals surface area contributed by atoms with Crippen LogP contribution in [0.5, 0.6) is 23.0 Å². The van der Waals surface area contributed by atoms with Crippen molar-refractivity contribution >= 4 is 11.9 Å². The topological polar surface area (TPSA) is 88.5 Å². The molecule has 33 heavy (non-hydrogen) atoms. The molecule has 0 aliphatic carbocycles. The number of carbonyl (C=O) groups is 2. The summed E-state index contributed by atoms with van der Waals surface area (Å²) in [6.45, 7) is 0. The van der Waals surface area contributed by atoms with E-state index < -0.39 is 11.9 Å². The Morgan fingerprint density at radius 2 is 1.64 bits per heavy atom. The molecule has 9 heteroatoms. The van der Waals surface area contributed by atoms with Crippen molar-refractivity contribution in [3.63, 3.8) is 0 Å². The van der Waals surface area contributed by atoms with Crippen LogP contribution in [0, 0.1) is 0 Å². The van der Waals surface area contributed by atoms with Gasteiger partial charge in [-0.1, -0.05) is 6.42 Å². The molecule has 3 heterocycles. The smallest absolute Gasteiger partial charge is 0.359 e. The second-order valence-electron chi connectivity index (χ2n) is 8.44. The number of piperidine rings is 1. The van der Waals surface area contributed by atoms with E-state index in [1.165, 1.54) is 33.5 Å². The van der Waals surface area contributed by atoms with Crippen LogP contribution < -0.4 is 18.9 Å². The number of methoxy groups -OCH3 is 3. The summed E-state index contributed by atoms with van der Waals surface area (Å²) >= 11 is 0. The highest BCUT2D eigenvalue weighted by molar-refractivity contribution is 5.96. The molecule has 3 atom stereocenters. The molecule has 4 rings (SSSR count). The fourth-order valence-electron chi connectivity index (χ4n) is 4.91. The number of hydrogen-bond donors (Lipinski definition) is 0. The molecule has 1 aromatic carbocycles. The summed E-state index contributed by atoms with van der Waals surface area (Å²) in [5, 5.41) is 0. The molecule has 2 aliphatic rings. The Morgan fingerprint density at radius 3 is 2.24 bits per heavy atom. The van der Waals surface area contributed by atoms with Gasteiger partial charge in [-0.2, -0.15) is 0 Å². The molecule has 178 valence electrons. The zero-order valence-electron chi connectivity index (χ0n) is 19.6. The highest BCUT2D eigenvalue weighted by atomic mass is 16.6. The monoisotopic (exact) mass is 458 g/mol. The number of likely N-dealkylation sites (N-methyl/N-ethyl adjacent to an activating group) is 1. The molecular weight excluding hydrogens is 428 g/mol. The summed E-state index contributed by atoms with van der Waals surface area (Å²) in [4.78, 5) is 28.3. The van der Waals surface area contributed by atoms with Gasteiger partial charge in [0.1, 0.15) is 6.10 Å². The average molecular weight is 459 g/mol. The minimum Gasteiger partial charge on any atom is -0.493 e. The number of nitrogens with zero attached hydrogens (tertiary/aromatic N) is 2.